The molecule has 1 heterocycles. The Bertz CT molecular complexity index is 938. The molecule has 0 aliphatic carbocycles. The first-order valence-corrected chi connectivity index (χ1v) is 9.64. The lowest BCUT2D eigenvalue weighted by Gasteiger charge is -2.39. The number of ether oxygens (including phenoxy) is 2. The fraction of sp³-hybridized carbons (Fsp3) is 0.364. The van der Waals surface area contributed by atoms with Crippen molar-refractivity contribution in [1.82, 2.24) is 0 Å². The van der Waals surface area contributed by atoms with Crippen LogP contribution in [-0.4, -0.2) is 74.4 Å². The highest BCUT2D eigenvalue weighted by atomic mass is 16.7. The van der Waals surface area contributed by atoms with Crippen LogP contribution in [0.25, 0.3) is 0 Å². The molecule has 5 N–H and O–H groups in total. The van der Waals surface area contributed by atoms with E-state index < -0.39 is 55.3 Å². The van der Waals surface area contributed by atoms with Crippen LogP contribution in [0.15, 0.2) is 42.5 Å². The van der Waals surface area contributed by atoms with Crippen LogP contribution in [0.2, 0.25) is 0 Å². The number of hydrogen-bond acceptors (Lipinski definition) is 9. The van der Waals surface area contributed by atoms with E-state index in [1.54, 1.807) is 24.3 Å². The fourth-order valence-corrected chi connectivity index (χ4v) is 3.20. The van der Waals surface area contributed by atoms with Gasteiger partial charge in [-0.1, -0.05) is 29.8 Å². The van der Waals surface area contributed by atoms with Crippen molar-refractivity contribution < 1.29 is 44.6 Å². The third-order valence-electron chi connectivity index (χ3n) is 5.06. The largest absolute Gasteiger partial charge is 0.507 e. The molecule has 1 aliphatic rings. The van der Waals surface area contributed by atoms with Gasteiger partial charge in [0.15, 0.2) is 11.6 Å². The Morgan fingerprint density at radius 1 is 0.968 bits per heavy atom. The van der Waals surface area contributed by atoms with E-state index in [9.17, 15) is 35.1 Å². The maximum absolute atomic E-state index is 12.5. The molecule has 166 valence electrons. The maximum atomic E-state index is 12.5. The predicted octanol–water partition coefficient (Wildman–Crippen LogP) is 0.335. The van der Waals surface area contributed by atoms with E-state index in [4.69, 9.17) is 9.47 Å². The van der Waals surface area contributed by atoms with Crippen LogP contribution in [0.4, 0.5) is 0 Å². The minimum atomic E-state index is -1.62. The number of rotatable bonds is 7. The van der Waals surface area contributed by atoms with Gasteiger partial charge >= 0.3 is 0 Å². The van der Waals surface area contributed by atoms with Gasteiger partial charge in [-0.25, -0.2) is 0 Å². The molecule has 9 heteroatoms. The van der Waals surface area contributed by atoms with Crippen LogP contribution in [0.1, 0.15) is 32.7 Å². The zero-order valence-corrected chi connectivity index (χ0v) is 16.7. The average Bonchev–Trinajstić information content (AvgIpc) is 2.74. The zero-order chi connectivity index (χ0) is 22.7. The molecular weight excluding hydrogens is 408 g/mol. The van der Waals surface area contributed by atoms with E-state index >= 15 is 0 Å². The number of carbonyl (C=O) groups excluding carboxylic acids is 2. The second kappa shape index (κ2) is 9.54. The van der Waals surface area contributed by atoms with Gasteiger partial charge in [0, 0.05) is 11.6 Å². The summed E-state index contributed by atoms with van der Waals surface area (Å²) in [6.07, 6.45) is -7.76. The van der Waals surface area contributed by atoms with E-state index in [2.05, 4.69) is 0 Å². The van der Waals surface area contributed by atoms with Crippen molar-refractivity contribution in [2.75, 3.05) is 6.61 Å². The van der Waals surface area contributed by atoms with Crippen LogP contribution in [0.5, 0.6) is 11.5 Å². The van der Waals surface area contributed by atoms with Crippen molar-refractivity contribution in [3.63, 3.8) is 0 Å². The lowest BCUT2D eigenvalue weighted by Crippen LogP contribution is -2.60. The van der Waals surface area contributed by atoms with Gasteiger partial charge in [-0.3, -0.25) is 9.59 Å². The van der Waals surface area contributed by atoms with Crippen molar-refractivity contribution >= 4 is 11.6 Å². The molecule has 31 heavy (non-hydrogen) atoms. The maximum Gasteiger partial charge on any atom is 0.229 e. The van der Waals surface area contributed by atoms with Gasteiger partial charge in [0.25, 0.3) is 0 Å². The Balaban J connectivity index is 1.68. The van der Waals surface area contributed by atoms with Gasteiger partial charge in [-0.15, -0.1) is 0 Å². The number of phenols is 1. The van der Waals surface area contributed by atoms with Crippen LogP contribution in [0, 0.1) is 6.92 Å². The monoisotopic (exact) mass is 432 g/mol. The molecule has 5 atom stereocenters. The number of aryl methyl sites for hydroxylation is 1. The SMILES string of the molecule is Cc1ccc(C(=O)CC(=O)c2ccc(O[C@@H]3O[C@H](CO)[C@@H](O)[C@H](O)[C@H]3O)cc2O)cc1. The van der Waals surface area contributed by atoms with Gasteiger partial charge in [0.2, 0.25) is 6.29 Å². The van der Waals surface area contributed by atoms with Crippen molar-refractivity contribution in [3.8, 4) is 11.5 Å². The first-order chi connectivity index (χ1) is 14.7. The van der Waals surface area contributed by atoms with E-state index in [0.717, 1.165) is 11.6 Å². The third kappa shape index (κ3) is 5.09. The molecule has 0 aromatic heterocycles. The molecule has 9 nitrogen and oxygen atoms in total. The topological polar surface area (TPSA) is 154 Å². The Morgan fingerprint density at radius 2 is 1.65 bits per heavy atom. The van der Waals surface area contributed by atoms with Gasteiger partial charge in [-0.05, 0) is 19.1 Å². The molecule has 0 unspecified atom stereocenters. The van der Waals surface area contributed by atoms with Gasteiger partial charge in [-0.2, -0.15) is 0 Å². The standard InChI is InChI=1S/C22H24O9/c1-11-2-4-12(5-3-11)15(24)9-17(26)14-7-6-13(8-16(14)25)30-22-21(29)20(28)19(27)18(10-23)31-22/h2-8,18-23,25,27-29H,9-10H2,1H3/t18-,19-,20+,21-,22-/m1/s1. The summed E-state index contributed by atoms with van der Waals surface area (Å²) in [5.41, 5.74) is 1.29. The summed E-state index contributed by atoms with van der Waals surface area (Å²) in [6.45, 7) is 1.27. The fourth-order valence-electron chi connectivity index (χ4n) is 3.20. The number of benzene rings is 2. The molecule has 0 spiro atoms. The summed E-state index contributed by atoms with van der Waals surface area (Å²) in [5, 5.41) is 49.1. The first-order valence-electron chi connectivity index (χ1n) is 9.64. The Kier molecular flexibility index (Phi) is 7.04. The average molecular weight is 432 g/mol. The zero-order valence-electron chi connectivity index (χ0n) is 16.7. The predicted molar refractivity (Wildman–Crippen MR) is 107 cm³/mol. The summed E-state index contributed by atoms with van der Waals surface area (Å²) in [5.74, 6) is -1.40. The van der Waals surface area contributed by atoms with Crippen LogP contribution in [0.3, 0.4) is 0 Å². The van der Waals surface area contributed by atoms with Crippen molar-refractivity contribution in [3.05, 3.63) is 59.2 Å². The Morgan fingerprint density at radius 3 is 2.26 bits per heavy atom. The lowest BCUT2D eigenvalue weighted by atomic mass is 9.99. The smallest absolute Gasteiger partial charge is 0.229 e. The van der Waals surface area contributed by atoms with E-state index in [1.165, 1.54) is 12.1 Å². The summed E-state index contributed by atoms with van der Waals surface area (Å²) < 4.78 is 10.6. The number of hydrogen-bond donors (Lipinski definition) is 5. The quantitative estimate of drug-likeness (QED) is 0.308. The first kappa shape index (κ1) is 22.9. The van der Waals surface area contributed by atoms with Crippen LogP contribution >= 0.6 is 0 Å². The molecule has 0 bridgehead atoms. The summed E-state index contributed by atoms with van der Waals surface area (Å²) >= 11 is 0. The van der Waals surface area contributed by atoms with Crippen LogP contribution in [-0.2, 0) is 4.74 Å². The summed E-state index contributed by atoms with van der Waals surface area (Å²) in [6, 6.07) is 10.5. The van der Waals surface area contributed by atoms with E-state index in [-0.39, 0.29) is 17.1 Å². The molecule has 2 aromatic carbocycles. The highest BCUT2D eigenvalue weighted by molar-refractivity contribution is 6.14. The van der Waals surface area contributed by atoms with Crippen molar-refractivity contribution in [2.24, 2.45) is 0 Å². The minimum Gasteiger partial charge on any atom is -0.507 e. The number of aliphatic hydroxyl groups excluding tert-OH is 4. The van der Waals surface area contributed by atoms with E-state index in [0.29, 0.717) is 5.56 Å². The molecule has 0 saturated carbocycles. The lowest BCUT2D eigenvalue weighted by molar-refractivity contribution is -0.277. The van der Waals surface area contributed by atoms with Gasteiger partial charge in [0.1, 0.15) is 35.9 Å². The number of ketones is 2. The van der Waals surface area contributed by atoms with Crippen LogP contribution < -0.4 is 4.74 Å². The Hall–Kier alpha value is -2.82. The molecule has 1 aliphatic heterocycles. The Labute approximate surface area is 178 Å². The van der Waals surface area contributed by atoms with Crippen molar-refractivity contribution in [1.29, 1.82) is 0 Å². The normalized spacial score (nSPS) is 25.8. The second-order valence-corrected chi connectivity index (χ2v) is 7.38. The third-order valence-corrected chi connectivity index (χ3v) is 5.06. The minimum absolute atomic E-state index is 0.00300. The van der Waals surface area contributed by atoms with Crippen molar-refractivity contribution in [2.45, 2.75) is 44.1 Å². The molecular formula is C22H24O9. The molecule has 3 rings (SSSR count). The molecule has 1 fully saturated rings. The van der Waals surface area contributed by atoms with Gasteiger partial charge < -0.3 is 35.0 Å². The van der Waals surface area contributed by atoms with Gasteiger partial charge in [0.05, 0.1) is 18.6 Å². The summed E-state index contributed by atoms with van der Waals surface area (Å²) in [7, 11) is 0. The highest BCUT2D eigenvalue weighted by Gasteiger charge is 2.44. The molecule has 0 amide bonds. The molecule has 1 saturated heterocycles. The number of aromatic hydroxyl groups is 1. The number of carbonyl (C=O) groups is 2. The second-order valence-electron chi connectivity index (χ2n) is 7.38. The molecule has 2 aromatic rings. The number of aliphatic hydroxyl groups is 4. The highest BCUT2D eigenvalue weighted by Crippen LogP contribution is 2.29. The number of phenolic OH excluding ortho intramolecular Hbond substituents is 1. The summed E-state index contributed by atoms with van der Waals surface area (Å²) in [4.78, 5) is 24.8. The number of Topliss-reactive ketones (excluding diaryl/α,β-unsaturated/α-hetero) is 2. The molecule has 0 radical (unpaired) electrons. The van der Waals surface area contributed by atoms with E-state index in [1.807, 2.05) is 6.92 Å².